The summed E-state index contributed by atoms with van der Waals surface area (Å²) in [6.45, 7) is 0.235. The minimum Gasteiger partial charge on any atom is -0.330 e. The molecule has 1 rings (SSSR count). The minimum atomic E-state index is -0.538. The number of Topliss-reactive ketones (excluding diaryl/α,β-unsaturated/α-hetero) is 1. The zero-order valence-electron chi connectivity index (χ0n) is 7.77. The zero-order chi connectivity index (χ0) is 11.4. The van der Waals surface area contributed by atoms with Gasteiger partial charge in [0.2, 0.25) is 0 Å². The van der Waals surface area contributed by atoms with Crippen LogP contribution in [-0.4, -0.2) is 17.3 Å². The van der Waals surface area contributed by atoms with Crippen molar-refractivity contribution in [1.29, 1.82) is 0 Å². The highest BCUT2D eigenvalue weighted by Crippen LogP contribution is 2.22. The van der Waals surface area contributed by atoms with Crippen LogP contribution in [0.5, 0.6) is 0 Å². The lowest BCUT2D eigenvalue weighted by Crippen LogP contribution is -2.08. The Morgan fingerprint density at radius 1 is 1.47 bits per heavy atom. The van der Waals surface area contributed by atoms with Crippen LogP contribution in [0.3, 0.4) is 0 Å². The van der Waals surface area contributed by atoms with Gasteiger partial charge < -0.3 is 5.73 Å². The Balaban J connectivity index is 3.09. The van der Waals surface area contributed by atoms with Crippen molar-refractivity contribution < 1.29 is 9.72 Å². The van der Waals surface area contributed by atoms with Crippen molar-refractivity contribution in [2.24, 2.45) is 5.73 Å². The van der Waals surface area contributed by atoms with Gasteiger partial charge in [0.15, 0.2) is 5.78 Å². The van der Waals surface area contributed by atoms with Crippen molar-refractivity contribution in [3.63, 3.8) is 0 Å². The summed E-state index contributed by atoms with van der Waals surface area (Å²) in [6.07, 6.45) is 0.188. The van der Waals surface area contributed by atoms with Crippen LogP contribution in [0.4, 0.5) is 5.69 Å². The topological polar surface area (TPSA) is 86.2 Å². The number of halogens is 1. The van der Waals surface area contributed by atoms with E-state index in [2.05, 4.69) is 15.9 Å². The Kier molecular flexibility index (Phi) is 3.93. The number of non-ortho nitro benzene ring substituents is 1. The Bertz CT molecular complexity index is 406. The van der Waals surface area contributed by atoms with Gasteiger partial charge in [0.1, 0.15) is 0 Å². The number of carbonyl (C=O) groups excluding carboxylic acids is 1. The standard InChI is InChI=1S/C9H9BrN2O3/c10-7-3-6(9(13)1-2-11)4-8(5-7)12(14)15/h3-5H,1-2,11H2. The maximum atomic E-state index is 11.4. The number of nitrogens with zero attached hydrogens (tertiary/aromatic N) is 1. The number of carbonyl (C=O) groups is 1. The molecule has 1 aromatic rings. The van der Waals surface area contributed by atoms with E-state index < -0.39 is 4.92 Å². The monoisotopic (exact) mass is 272 g/mol. The van der Waals surface area contributed by atoms with Crippen LogP contribution < -0.4 is 5.73 Å². The number of ketones is 1. The van der Waals surface area contributed by atoms with Gasteiger partial charge in [0.05, 0.1) is 4.92 Å². The van der Waals surface area contributed by atoms with Gasteiger partial charge in [-0.3, -0.25) is 14.9 Å². The summed E-state index contributed by atoms with van der Waals surface area (Å²) < 4.78 is 0.511. The van der Waals surface area contributed by atoms with Gasteiger partial charge in [-0.1, -0.05) is 15.9 Å². The molecule has 2 N–H and O–H groups in total. The van der Waals surface area contributed by atoms with Gasteiger partial charge in [-0.05, 0) is 12.6 Å². The van der Waals surface area contributed by atoms with Crippen LogP contribution in [0.15, 0.2) is 22.7 Å². The van der Waals surface area contributed by atoms with Gasteiger partial charge in [-0.25, -0.2) is 0 Å². The molecular weight excluding hydrogens is 264 g/mol. The maximum absolute atomic E-state index is 11.4. The molecule has 0 unspecified atom stereocenters. The Morgan fingerprint density at radius 3 is 2.67 bits per heavy atom. The second-order valence-electron chi connectivity index (χ2n) is 2.92. The van der Waals surface area contributed by atoms with E-state index >= 15 is 0 Å². The van der Waals surface area contributed by atoms with Crippen LogP contribution in [0, 0.1) is 10.1 Å². The van der Waals surface area contributed by atoms with Crippen molar-refractivity contribution in [2.75, 3.05) is 6.54 Å². The molecular formula is C9H9BrN2O3. The first-order chi connectivity index (χ1) is 7.04. The summed E-state index contributed by atoms with van der Waals surface area (Å²) in [5.74, 6) is -0.193. The van der Waals surface area contributed by atoms with Crippen molar-refractivity contribution >= 4 is 27.4 Å². The lowest BCUT2D eigenvalue weighted by atomic mass is 10.1. The van der Waals surface area contributed by atoms with Crippen molar-refractivity contribution in [2.45, 2.75) is 6.42 Å². The fourth-order valence-electron chi connectivity index (χ4n) is 1.12. The number of nitrogens with two attached hydrogens (primary N) is 1. The van der Waals surface area contributed by atoms with E-state index in [1.165, 1.54) is 12.1 Å². The normalized spacial score (nSPS) is 10.0. The van der Waals surface area contributed by atoms with E-state index in [0.717, 1.165) is 0 Å². The molecule has 0 atom stereocenters. The van der Waals surface area contributed by atoms with Gasteiger partial charge in [-0.15, -0.1) is 0 Å². The summed E-state index contributed by atoms with van der Waals surface area (Å²) in [6, 6.07) is 4.15. The second-order valence-corrected chi connectivity index (χ2v) is 3.83. The molecule has 0 aliphatic rings. The number of hydrogen-bond donors (Lipinski definition) is 1. The highest BCUT2D eigenvalue weighted by atomic mass is 79.9. The summed E-state index contributed by atoms with van der Waals surface area (Å²) in [7, 11) is 0. The summed E-state index contributed by atoms with van der Waals surface area (Å²) in [5, 5.41) is 10.5. The maximum Gasteiger partial charge on any atom is 0.271 e. The summed E-state index contributed by atoms with van der Waals surface area (Å²) in [4.78, 5) is 21.4. The molecule has 0 amide bonds. The molecule has 5 nitrogen and oxygen atoms in total. The molecule has 80 valence electrons. The van der Waals surface area contributed by atoms with Crippen LogP contribution >= 0.6 is 15.9 Å². The van der Waals surface area contributed by atoms with Crippen LogP contribution in [0.25, 0.3) is 0 Å². The number of hydrogen-bond acceptors (Lipinski definition) is 4. The van der Waals surface area contributed by atoms with Crippen LogP contribution in [0.2, 0.25) is 0 Å². The van der Waals surface area contributed by atoms with Gasteiger partial charge >= 0.3 is 0 Å². The van der Waals surface area contributed by atoms with Crippen LogP contribution in [-0.2, 0) is 0 Å². The van der Waals surface area contributed by atoms with E-state index in [-0.39, 0.29) is 24.4 Å². The molecule has 0 aromatic heterocycles. The van der Waals surface area contributed by atoms with E-state index in [1.807, 2.05) is 0 Å². The molecule has 6 heteroatoms. The van der Waals surface area contributed by atoms with Crippen molar-refractivity contribution in [3.05, 3.63) is 38.3 Å². The number of nitro benzene ring substituents is 1. The van der Waals surface area contributed by atoms with E-state index in [0.29, 0.717) is 10.0 Å². The van der Waals surface area contributed by atoms with Gasteiger partial charge in [0.25, 0.3) is 5.69 Å². The molecule has 0 aliphatic carbocycles. The third-order valence-electron chi connectivity index (χ3n) is 1.79. The minimum absolute atomic E-state index is 0.107. The third kappa shape index (κ3) is 3.10. The molecule has 15 heavy (non-hydrogen) atoms. The van der Waals surface area contributed by atoms with E-state index in [1.54, 1.807) is 6.07 Å². The molecule has 0 radical (unpaired) electrons. The average molecular weight is 273 g/mol. The predicted molar refractivity (Wildman–Crippen MR) is 58.8 cm³/mol. The average Bonchev–Trinajstić information content (AvgIpc) is 2.17. The fraction of sp³-hybridized carbons (Fsp3) is 0.222. The largest absolute Gasteiger partial charge is 0.330 e. The van der Waals surface area contributed by atoms with Gasteiger partial charge in [-0.2, -0.15) is 0 Å². The third-order valence-corrected chi connectivity index (χ3v) is 2.24. The Labute approximate surface area is 94.5 Å². The SMILES string of the molecule is NCCC(=O)c1cc(Br)cc([N+](=O)[O-])c1. The lowest BCUT2D eigenvalue weighted by molar-refractivity contribution is -0.385. The summed E-state index contributed by atoms with van der Waals surface area (Å²) >= 11 is 3.11. The predicted octanol–water partition coefficient (Wildman–Crippen LogP) is 1.89. The van der Waals surface area contributed by atoms with E-state index in [9.17, 15) is 14.9 Å². The van der Waals surface area contributed by atoms with Crippen molar-refractivity contribution in [1.82, 2.24) is 0 Å². The van der Waals surface area contributed by atoms with Crippen LogP contribution in [0.1, 0.15) is 16.8 Å². The first-order valence-corrected chi connectivity index (χ1v) is 5.02. The zero-order valence-corrected chi connectivity index (χ0v) is 9.36. The quantitative estimate of drug-likeness (QED) is 0.515. The molecule has 0 saturated carbocycles. The lowest BCUT2D eigenvalue weighted by Gasteiger charge is -2.00. The molecule has 0 fully saturated rings. The first-order valence-electron chi connectivity index (χ1n) is 4.23. The molecule has 1 aromatic carbocycles. The highest BCUT2D eigenvalue weighted by molar-refractivity contribution is 9.10. The fourth-order valence-corrected chi connectivity index (χ4v) is 1.60. The van der Waals surface area contributed by atoms with Crippen molar-refractivity contribution in [3.8, 4) is 0 Å². The van der Waals surface area contributed by atoms with E-state index in [4.69, 9.17) is 5.73 Å². The number of nitro groups is 1. The first kappa shape index (κ1) is 11.8. The number of rotatable bonds is 4. The Hall–Kier alpha value is -1.27. The summed E-state index contributed by atoms with van der Waals surface area (Å²) in [5.41, 5.74) is 5.44. The molecule has 0 aliphatic heterocycles. The molecule has 0 spiro atoms. The molecule has 0 heterocycles. The smallest absolute Gasteiger partial charge is 0.271 e. The Morgan fingerprint density at radius 2 is 2.13 bits per heavy atom. The number of benzene rings is 1. The molecule has 0 bridgehead atoms. The highest BCUT2D eigenvalue weighted by Gasteiger charge is 2.12. The molecule has 0 saturated heterocycles. The van der Waals surface area contributed by atoms with Gasteiger partial charge in [0, 0.05) is 28.6 Å². The second kappa shape index (κ2) is 4.99.